The number of carboxylic acid groups (broad SMARTS) is 4. The van der Waals surface area contributed by atoms with E-state index < -0.39 is 83.5 Å². The molecule has 0 radical (unpaired) electrons. The summed E-state index contributed by atoms with van der Waals surface area (Å²) in [4.78, 5) is 124. The predicted octanol–water partition coefficient (Wildman–Crippen LogP) is 10.5. The fourth-order valence-electron chi connectivity index (χ4n) is 8.58. The zero-order valence-corrected chi connectivity index (χ0v) is 49.9. The molecule has 0 bridgehead atoms. The maximum atomic E-state index is 12.7. The van der Waals surface area contributed by atoms with Crippen molar-refractivity contribution in [3.05, 3.63) is 141 Å². The van der Waals surface area contributed by atoms with E-state index in [0.717, 1.165) is 51.4 Å². The third kappa shape index (κ3) is 23.3. The topological polar surface area (TPSA) is 282 Å². The van der Waals surface area contributed by atoms with Crippen molar-refractivity contribution in [2.75, 3.05) is 23.0 Å². The van der Waals surface area contributed by atoms with E-state index in [0.29, 0.717) is 21.3 Å². The summed E-state index contributed by atoms with van der Waals surface area (Å²) in [6.45, 7) is 16.7. The number of benzene rings is 2. The molecule has 2 heterocycles. The van der Waals surface area contributed by atoms with Crippen LogP contribution in [0.4, 0.5) is 0 Å². The number of carboxylic acids is 4. The van der Waals surface area contributed by atoms with Gasteiger partial charge in [0.15, 0.2) is 0 Å². The van der Waals surface area contributed by atoms with E-state index in [1.165, 1.54) is 81.2 Å². The molecule has 0 spiro atoms. The van der Waals surface area contributed by atoms with Gasteiger partial charge in [-0.05, 0) is 144 Å². The van der Waals surface area contributed by atoms with Crippen LogP contribution in [0.5, 0.6) is 0 Å². The number of allylic oxidation sites excluding steroid dienone is 10. The highest BCUT2D eigenvalue weighted by atomic mass is 32.2. The van der Waals surface area contributed by atoms with E-state index in [1.807, 2.05) is 13.8 Å². The van der Waals surface area contributed by atoms with Crippen molar-refractivity contribution in [2.24, 2.45) is 0 Å². The Bertz CT molecular complexity index is 2580. The Morgan fingerprint density at radius 3 is 0.976 bits per heavy atom. The first-order chi connectivity index (χ1) is 38.8. The monoisotopic (exact) mass is 1170 g/mol. The summed E-state index contributed by atoms with van der Waals surface area (Å²) in [7, 11) is 0. The molecule has 20 heteroatoms. The Morgan fingerprint density at radius 2 is 0.707 bits per heavy atom. The number of rotatable bonds is 34. The highest BCUT2D eigenvalue weighted by Crippen LogP contribution is 2.28. The third-order valence-electron chi connectivity index (χ3n) is 13.3. The number of carbonyl (C=O) groups is 10. The van der Waals surface area contributed by atoms with Crippen LogP contribution < -0.4 is 10.6 Å². The molecule has 6 amide bonds. The average Bonchev–Trinajstić information content (AvgIpc) is 4.08. The smallest absolute Gasteiger partial charge is 0.327 e. The number of thioether (sulfide) groups is 2. The summed E-state index contributed by atoms with van der Waals surface area (Å²) in [5.74, 6) is -8.04. The molecular weight excluding hydrogens is 1090 g/mol. The van der Waals surface area contributed by atoms with Gasteiger partial charge in [0.2, 0.25) is 11.8 Å². The number of hydrogen-bond donors (Lipinski definition) is 6. The standard InChI is InChI=1S/2C31H40N2O7S/c2*1-20(2)9-7-10-21(3)11-8-12-22(4)17-18-41-19-25(30(37)38)32-27(34)16-15-26(31(39)40)33-28(35)23-13-5-6-14-24(23)29(33)36/h2*5-6,9,11,13-14,17,25-26H,7-8,10,12,15-16,18-19H2,1-4H3,(H,32,34)(H,37,38)(H,39,40)/b2*21-11+,22-17+/t25-,26+;25-,26-/m00/s1. The number of nitrogens with one attached hydrogen (secondary N) is 2. The number of carbonyl (C=O) groups excluding carboxylic acids is 6. The van der Waals surface area contributed by atoms with Crippen molar-refractivity contribution >= 4 is 82.8 Å². The Balaban J connectivity index is 0.000000430. The van der Waals surface area contributed by atoms with Crippen LogP contribution in [0.1, 0.15) is 174 Å². The molecule has 444 valence electrons. The van der Waals surface area contributed by atoms with E-state index in [2.05, 4.69) is 88.6 Å². The van der Waals surface area contributed by atoms with E-state index in [1.54, 1.807) is 24.3 Å². The van der Waals surface area contributed by atoms with Crippen molar-refractivity contribution in [3.63, 3.8) is 0 Å². The molecule has 0 saturated carbocycles. The molecule has 2 aliphatic heterocycles. The van der Waals surface area contributed by atoms with Crippen LogP contribution in [0.2, 0.25) is 0 Å². The van der Waals surface area contributed by atoms with Crippen LogP contribution in [-0.4, -0.2) is 137 Å². The largest absolute Gasteiger partial charge is 0.480 e. The summed E-state index contributed by atoms with van der Waals surface area (Å²) in [6.07, 6.45) is 19.6. The minimum absolute atomic E-state index is 0.113. The van der Waals surface area contributed by atoms with Crippen LogP contribution >= 0.6 is 23.5 Å². The fourth-order valence-corrected chi connectivity index (χ4v) is 10.6. The molecule has 0 fully saturated rings. The highest BCUT2D eigenvalue weighted by molar-refractivity contribution is 7.99. The summed E-state index contributed by atoms with van der Waals surface area (Å²) in [6, 6.07) is 6.67. The fraction of sp³-hybridized carbons (Fsp3) is 0.452. The molecule has 4 atom stereocenters. The van der Waals surface area contributed by atoms with E-state index in [-0.39, 0.29) is 59.4 Å². The third-order valence-corrected chi connectivity index (χ3v) is 15.3. The summed E-state index contributed by atoms with van der Waals surface area (Å²) in [5, 5.41) is 43.3. The Kier molecular flexibility index (Phi) is 29.9. The maximum Gasteiger partial charge on any atom is 0.327 e. The van der Waals surface area contributed by atoms with Gasteiger partial charge in [-0.2, -0.15) is 23.5 Å². The molecule has 4 rings (SSSR count). The first-order valence-electron chi connectivity index (χ1n) is 27.3. The number of hydrogen-bond acceptors (Lipinski definition) is 12. The van der Waals surface area contributed by atoms with Gasteiger partial charge in [-0.15, -0.1) is 0 Å². The highest BCUT2D eigenvalue weighted by Gasteiger charge is 2.44. The van der Waals surface area contributed by atoms with Gasteiger partial charge in [-0.1, -0.05) is 94.2 Å². The molecule has 0 unspecified atom stereocenters. The minimum atomic E-state index is -1.55. The number of aliphatic carboxylic acids is 4. The molecular formula is C62H80N4O14S2. The quantitative estimate of drug-likeness (QED) is 0.0216. The molecule has 6 N–H and O–H groups in total. The first kappa shape index (κ1) is 69.0. The van der Waals surface area contributed by atoms with Gasteiger partial charge in [-0.3, -0.25) is 38.6 Å². The van der Waals surface area contributed by atoms with Gasteiger partial charge in [0.1, 0.15) is 24.2 Å². The van der Waals surface area contributed by atoms with Crippen LogP contribution in [0, 0.1) is 0 Å². The molecule has 0 aromatic heterocycles. The van der Waals surface area contributed by atoms with Gasteiger partial charge < -0.3 is 31.1 Å². The van der Waals surface area contributed by atoms with Crippen molar-refractivity contribution < 1.29 is 68.4 Å². The molecule has 2 aromatic rings. The van der Waals surface area contributed by atoms with E-state index in [9.17, 15) is 68.4 Å². The zero-order valence-electron chi connectivity index (χ0n) is 48.3. The number of amides is 6. The van der Waals surface area contributed by atoms with Crippen LogP contribution in [0.15, 0.2) is 118 Å². The molecule has 18 nitrogen and oxygen atoms in total. The van der Waals surface area contributed by atoms with Crippen molar-refractivity contribution in [2.45, 2.75) is 157 Å². The van der Waals surface area contributed by atoms with E-state index >= 15 is 0 Å². The van der Waals surface area contributed by atoms with Crippen LogP contribution in [0.3, 0.4) is 0 Å². The van der Waals surface area contributed by atoms with Gasteiger partial charge in [0.05, 0.1) is 22.3 Å². The average molecular weight is 1170 g/mol. The lowest BCUT2D eigenvalue weighted by atomic mass is 10.1. The predicted molar refractivity (Wildman–Crippen MR) is 320 cm³/mol. The second kappa shape index (κ2) is 35.5. The van der Waals surface area contributed by atoms with Gasteiger partial charge in [0.25, 0.3) is 23.6 Å². The number of imide groups is 2. The lowest BCUT2D eigenvalue weighted by Gasteiger charge is -2.22. The zero-order chi connectivity index (χ0) is 61.1. The molecule has 82 heavy (non-hydrogen) atoms. The Labute approximate surface area is 489 Å². The van der Waals surface area contributed by atoms with Crippen LogP contribution in [-0.2, 0) is 28.8 Å². The van der Waals surface area contributed by atoms with Crippen molar-refractivity contribution in [1.29, 1.82) is 0 Å². The lowest BCUT2D eigenvalue weighted by Crippen LogP contribution is -2.46. The van der Waals surface area contributed by atoms with Crippen molar-refractivity contribution in [3.8, 4) is 0 Å². The molecule has 0 aliphatic carbocycles. The Morgan fingerprint density at radius 1 is 0.427 bits per heavy atom. The Hall–Kier alpha value is -7.32. The maximum absolute atomic E-state index is 12.7. The lowest BCUT2D eigenvalue weighted by molar-refractivity contribution is -0.143. The summed E-state index contributed by atoms with van der Waals surface area (Å²) >= 11 is 2.74. The summed E-state index contributed by atoms with van der Waals surface area (Å²) in [5.41, 5.74) is 8.24. The number of nitrogens with zero attached hydrogens (tertiary/aromatic N) is 2. The van der Waals surface area contributed by atoms with Crippen LogP contribution in [0.25, 0.3) is 0 Å². The summed E-state index contributed by atoms with van der Waals surface area (Å²) < 4.78 is 0. The van der Waals surface area contributed by atoms with E-state index in [4.69, 9.17) is 0 Å². The minimum Gasteiger partial charge on any atom is -0.480 e. The second-order valence-corrected chi connectivity index (χ2v) is 22.9. The van der Waals surface area contributed by atoms with Gasteiger partial charge in [0, 0.05) is 35.9 Å². The SMILES string of the molecule is CC(C)=CCC/C(C)=C/CC/C(C)=C/CSC[C@H](NC(=O)CC[C@@H](C(=O)O)N1C(=O)c2ccccc2C1=O)C(=O)O.CC(C)=CCC/C(C)=C/CC/C(C)=C/CSC[C@H](NC(=O)CC[C@H](C(=O)O)N1C(=O)c2ccccc2C1=O)C(=O)O. The van der Waals surface area contributed by atoms with Crippen molar-refractivity contribution in [1.82, 2.24) is 20.4 Å². The number of fused-ring (bicyclic) bond motifs is 2. The molecule has 2 aromatic carbocycles. The first-order valence-corrected chi connectivity index (χ1v) is 29.6. The normalized spacial score (nSPS) is 14.9. The molecule has 0 saturated heterocycles. The van der Waals surface area contributed by atoms with Gasteiger partial charge in [-0.25, -0.2) is 19.2 Å². The second-order valence-electron chi connectivity index (χ2n) is 20.7. The molecule has 2 aliphatic rings. The van der Waals surface area contributed by atoms with Gasteiger partial charge >= 0.3 is 23.9 Å².